The number of methoxy groups -OCH3 is 1. The highest BCUT2D eigenvalue weighted by Crippen LogP contribution is 2.14. The molecule has 0 saturated heterocycles. The maximum Gasteiger partial charge on any atom is 0.119 e. The highest BCUT2D eigenvalue weighted by molar-refractivity contribution is 5.29. The van der Waals surface area contributed by atoms with Crippen LogP contribution in [0.3, 0.4) is 0 Å². The molecular weight excluding hydrogens is 248 g/mol. The van der Waals surface area contributed by atoms with Gasteiger partial charge in [-0.3, -0.25) is 0 Å². The average molecular weight is 286 g/mol. The Bertz CT molecular complexity index is 213. The summed E-state index contributed by atoms with van der Waals surface area (Å²) in [6.45, 7) is 16.8. The molecule has 0 radical (unpaired) electrons. The van der Waals surface area contributed by atoms with Gasteiger partial charge in [0.25, 0.3) is 0 Å². The number of hydrogen-bond acceptors (Lipinski definition) is 2. The molecule has 20 heavy (non-hydrogen) atoms. The van der Waals surface area contributed by atoms with Gasteiger partial charge in [0.1, 0.15) is 11.5 Å². The molecule has 0 spiro atoms. The van der Waals surface area contributed by atoms with Gasteiger partial charge in [-0.05, 0) is 24.3 Å². The Hall–Kier alpha value is -1.18. The molecule has 1 aromatic rings. The Morgan fingerprint density at radius 3 is 1.20 bits per heavy atom. The maximum absolute atomic E-state index is 8.80. The van der Waals surface area contributed by atoms with Crippen molar-refractivity contribution in [3.63, 3.8) is 0 Å². The molecule has 0 fully saturated rings. The SMILES string of the molecule is CC.CCC.CCC.CCC.COc1ccc(O)cc1. The first kappa shape index (κ1) is 27.2. The third kappa shape index (κ3) is 36.0. The van der Waals surface area contributed by atoms with Crippen LogP contribution in [-0.2, 0) is 0 Å². The van der Waals surface area contributed by atoms with Crippen molar-refractivity contribution in [2.45, 2.75) is 74.7 Å². The first-order valence-electron chi connectivity index (χ1n) is 7.90. The topological polar surface area (TPSA) is 29.5 Å². The monoisotopic (exact) mass is 286 g/mol. The molecule has 2 heteroatoms. The lowest BCUT2D eigenvalue weighted by molar-refractivity contribution is 0.412. The molecule has 122 valence electrons. The number of phenolic OH excluding ortho intramolecular Hbond substituents is 1. The van der Waals surface area contributed by atoms with E-state index in [2.05, 4.69) is 41.5 Å². The van der Waals surface area contributed by atoms with Gasteiger partial charge in [0, 0.05) is 0 Å². The highest BCUT2D eigenvalue weighted by Gasteiger charge is 1.87. The first-order chi connectivity index (χ1) is 9.57. The van der Waals surface area contributed by atoms with Gasteiger partial charge < -0.3 is 9.84 Å². The molecule has 0 amide bonds. The first-order valence-corrected chi connectivity index (χ1v) is 7.90. The van der Waals surface area contributed by atoms with Crippen LogP contribution < -0.4 is 4.74 Å². The van der Waals surface area contributed by atoms with Crippen LogP contribution in [-0.4, -0.2) is 12.2 Å². The van der Waals surface area contributed by atoms with Gasteiger partial charge in [0.05, 0.1) is 7.11 Å². The van der Waals surface area contributed by atoms with Crippen molar-refractivity contribution >= 4 is 0 Å². The van der Waals surface area contributed by atoms with E-state index in [-0.39, 0.29) is 5.75 Å². The van der Waals surface area contributed by atoms with Crippen molar-refractivity contribution in [3.8, 4) is 11.5 Å². The average Bonchev–Trinajstić information content (AvgIpc) is 2.44. The predicted molar refractivity (Wildman–Crippen MR) is 93.9 cm³/mol. The maximum atomic E-state index is 8.80. The van der Waals surface area contributed by atoms with E-state index >= 15 is 0 Å². The largest absolute Gasteiger partial charge is 0.508 e. The third-order valence-electron chi connectivity index (χ3n) is 1.07. The number of aromatic hydroxyl groups is 1. The zero-order valence-corrected chi connectivity index (χ0v) is 15.3. The lowest BCUT2D eigenvalue weighted by atomic mass is 10.3. The predicted octanol–water partition coefficient (Wildman–Crippen LogP) is 6.68. The summed E-state index contributed by atoms with van der Waals surface area (Å²) in [5.41, 5.74) is 0. The standard InChI is InChI=1S/C7H8O2.3C3H8.C2H6/c1-9-7-4-2-6(8)3-5-7;3*1-3-2;1-2/h2-5,8H,1H3;3*3H2,1-2H3;1-2H3. The van der Waals surface area contributed by atoms with E-state index in [4.69, 9.17) is 9.84 Å². The van der Waals surface area contributed by atoms with E-state index in [1.54, 1.807) is 31.4 Å². The number of rotatable bonds is 1. The highest BCUT2D eigenvalue weighted by atomic mass is 16.5. The van der Waals surface area contributed by atoms with Gasteiger partial charge in [-0.1, -0.05) is 74.7 Å². The molecule has 1 aromatic carbocycles. The minimum absolute atomic E-state index is 0.260. The van der Waals surface area contributed by atoms with Crippen molar-refractivity contribution in [3.05, 3.63) is 24.3 Å². The van der Waals surface area contributed by atoms with Crippen molar-refractivity contribution in [1.29, 1.82) is 0 Å². The van der Waals surface area contributed by atoms with Gasteiger partial charge in [0.15, 0.2) is 0 Å². The van der Waals surface area contributed by atoms with Crippen molar-refractivity contribution in [1.82, 2.24) is 0 Å². The van der Waals surface area contributed by atoms with E-state index in [9.17, 15) is 0 Å². The summed E-state index contributed by atoms with van der Waals surface area (Å²) in [4.78, 5) is 0. The van der Waals surface area contributed by atoms with Crippen LogP contribution in [0.5, 0.6) is 11.5 Å². The van der Waals surface area contributed by atoms with Crippen LogP contribution in [0.4, 0.5) is 0 Å². The number of benzene rings is 1. The third-order valence-corrected chi connectivity index (χ3v) is 1.07. The van der Waals surface area contributed by atoms with Crippen molar-refractivity contribution in [2.75, 3.05) is 7.11 Å². The van der Waals surface area contributed by atoms with E-state index in [0.29, 0.717) is 0 Å². The molecule has 0 atom stereocenters. The second-order valence-corrected chi connectivity index (χ2v) is 3.82. The van der Waals surface area contributed by atoms with Gasteiger partial charge in [-0.15, -0.1) is 0 Å². The van der Waals surface area contributed by atoms with E-state index < -0.39 is 0 Å². The summed E-state index contributed by atoms with van der Waals surface area (Å²) >= 11 is 0. The summed E-state index contributed by atoms with van der Waals surface area (Å²) in [5.74, 6) is 1.02. The summed E-state index contributed by atoms with van der Waals surface area (Å²) in [5, 5.41) is 8.80. The van der Waals surface area contributed by atoms with Crippen LogP contribution in [0, 0.1) is 0 Å². The fourth-order valence-corrected chi connectivity index (χ4v) is 0.582. The zero-order chi connectivity index (χ0) is 16.8. The molecule has 0 aliphatic rings. The molecular formula is C18H38O2. The molecule has 0 bridgehead atoms. The van der Waals surface area contributed by atoms with Crippen molar-refractivity contribution in [2.24, 2.45) is 0 Å². The van der Waals surface area contributed by atoms with Crippen LogP contribution in [0.2, 0.25) is 0 Å². The van der Waals surface area contributed by atoms with Crippen molar-refractivity contribution < 1.29 is 9.84 Å². The lowest BCUT2D eigenvalue weighted by Crippen LogP contribution is -1.79. The molecule has 0 aliphatic carbocycles. The molecule has 0 unspecified atom stereocenters. The molecule has 0 aromatic heterocycles. The molecule has 1 rings (SSSR count). The summed E-state index contributed by atoms with van der Waals surface area (Å²) < 4.78 is 4.86. The lowest BCUT2D eigenvalue weighted by Gasteiger charge is -1.96. The van der Waals surface area contributed by atoms with Crippen LogP contribution >= 0.6 is 0 Å². The van der Waals surface area contributed by atoms with E-state index in [0.717, 1.165) is 5.75 Å². The number of hydrogen-bond donors (Lipinski definition) is 1. The van der Waals surface area contributed by atoms with Crippen LogP contribution in [0.1, 0.15) is 74.7 Å². The minimum atomic E-state index is 0.260. The Labute approximate surface area is 128 Å². The molecule has 1 N–H and O–H groups in total. The summed E-state index contributed by atoms with van der Waals surface area (Å²) in [6.07, 6.45) is 3.75. The van der Waals surface area contributed by atoms with E-state index in [1.807, 2.05) is 13.8 Å². The van der Waals surface area contributed by atoms with Crippen LogP contribution in [0.25, 0.3) is 0 Å². The van der Waals surface area contributed by atoms with E-state index in [1.165, 1.54) is 19.3 Å². The Kier molecular flexibility index (Phi) is 41.7. The number of phenols is 1. The molecule has 0 heterocycles. The summed E-state index contributed by atoms with van der Waals surface area (Å²) in [6, 6.07) is 6.57. The second kappa shape index (κ2) is 30.7. The fourth-order valence-electron chi connectivity index (χ4n) is 0.582. The Morgan fingerprint density at radius 1 is 0.750 bits per heavy atom. The van der Waals surface area contributed by atoms with Gasteiger partial charge >= 0.3 is 0 Å². The molecule has 2 nitrogen and oxygen atoms in total. The molecule has 0 saturated carbocycles. The van der Waals surface area contributed by atoms with Gasteiger partial charge in [-0.2, -0.15) is 0 Å². The normalized spacial score (nSPS) is 7.05. The fraction of sp³-hybridized carbons (Fsp3) is 0.667. The minimum Gasteiger partial charge on any atom is -0.508 e. The Balaban J connectivity index is -0.0000000981. The van der Waals surface area contributed by atoms with Gasteiger partial charge in [0.2, 0.25) is 0 Å². The number of ether oxygens (including phenoxy) is 1. The van der Waals surface area contributed by atoms with Crippen LogP contribution in [0.15, 0.2) is 24.3 Å². The smallest absolute Gasteiger partial charge is 0.119 e. The zero-order valence-electron chi connectivity index (χ0n) is 15.3. The second-order valence-electron chi connectivity index (χ2n) is 3.82. The van der Waals surface area contributed by atoms with Gasteiger partial charge in [-0.25, -0.2) is 0 Å². The molecule has 0 aliphatic heterocycles. The quantitative estimate of drug-likeness (QED) is 0.624. The Morgan fingerprint density at radius 2 is 1.00 bits per heavy atom. The summed E-state index contributed by atoms with van der Waals surface area (Å²) in [7, 11) is 1.59.